The minimum Gasteiger partial charge on any atom is -0.331 e. The molecule has 0 saturated heterocycles. The van der Waals surface area contributed by atoms with Crippen LogP contribution in [0.1, 0.15) is 33.1 Å². The first-order chi connectivity index (χ1) is 12.2. The molecule has 3 rings (SSSR count). The van der Waals surface area contributed by atoms with E-state index in [1.807, 2.05) is 60.7 Å². The minimum atomic E-state index is -0.194. The van der Waals surface area contributed by atoms with Crippen LogP contribution < -0.4 is 0 Å². The molecule has 0 saturated carbocycles. The van der Waals surface area contributed by atoms with Crippen LogP contribution in [-0.4, -0.2) is 17.9 Å². The molecule has 0 aliphatic rings. The van der Waals surface area contributed by atoms with Gasteiger partial charge in [0.05, 0.1) is 17.7 Å². The molecular formula is C22H18N2O. The number of carbonyl (C=O) groups excluding carboxylic acids is 1. The van der Waals surface area contributed by atoms with Gasteiger partial charge in [0, 0.05) is 12.6 Å². The molecule has 3 aromatic carbocycles. The SMILES string of the molecule is CN(C(=O)c1cccc(C#N)c1)C(c1ccccc1)c1ccccc1. The largest absolute Gasteiger partial charge is 0.331 e. The highest BCUT2D eigenvalue weighted by Crippen LogP contribution is 2.28. The fraction of sp³-hybridized carbons (Fsp3) is 0.0909. The van der Waals surface area contributed by atoms with E-state index in [9.17, 15) is 4.79 Å². The van der Waals surface area contributed by atoms with E-state index < -0.39 is 0 Å². The Morgan fingerprint density at radius 2 is 1.44 bits per heavy atom. The predicted octanol–water partition coefficient (Wildman–Crippen LogP) is 4.42. The van der Waals surface area contributed by atoms with E-state index in [-0.39, 0.29) is 11.9 Å². The maximum absolute atomic E-state index is 13.0. The van der Waals surface area contributed by atoms with Gasteiger partial charge in [-0.2, -0.15) is 5.26 Å². The number of hydrogen-bond donors (Lipinski definition) is 0. The molecule has 1 amide bonds. The zero-order valence-electron chi connectivity index (χ0n) is 14.0. The van der Waals surface area contributed by atoms with Crippen LogP contribution in [0.25, 0.3) is 0 Å². The first-order valence-electron chi connectivity index (χ1n) is 8.08. The van der Waals surface area contributed by atoms with Crippen LogP contribution in [0, 0.1) is 11.3 Å². The zero-order chi connectivity index (χ0) is 17.6. The van der Waals surface area contributed by atoms with Crippen molar-refractivity contribution in [1.82, 2.24) is 4.90 Å². The number of benzene rings is 3. The lowest BCUT2D eigenvalue weighted by Crippen LogP contribution is -2.32. The summed E-state index contributed by atoms with van der Waals surface area (Å²) in [4.78, 5) is 14.7. The van der Waals surface area contributed by atoms with Crippen molar-refractivity contribution in [2.24, 2.45) is 0 Å². The molecule has 0 fully saturated rings. The molecule has 0 bridgehead atoms. The van der Waals surface area contributed by atoms with E-state index in [2.05, 4.69) is 6.07 Å². The van der Waals surface area contributed by atoms with Gasteiger partial charge in [-0.15, -0.1) is 0 Å². The fourth-order valence-corrected chi connectivity index (χ4v) is 2.95. The molecule has 0 heterocycles. The summed E-state index contributed by atoms with van der Waals surface area (Å²) in [6.07, 6.45) is 0. The molecule has 3 heteroatoms. The first-order valence-corrected chi connectivity index (χ1v) is 8.08. The van der Waals surface area contributed by atoms with Gasteiger partial charge in [-0.05, 0) is 29.3 Å². The minimum absolute atomic E-state index is 0.116. The lowest BCUT2D eigenvalue weighted by Gasteiger charge is -2.29. The Morgan fingerprint density at radius 1 is 0.880 bits per heavy atom. The van der Waals surface area contributed by atoms with Crippen LogP contribution in [0.3, 0.4) is 0 Å². The summed E-state index contributed by atoms with van der Waals surface area (Å²) < 4.78 is 0. The van der Waals surface area contributed by atoms with Gasteiger partial charge < -0.3 is 4.90 Å². The van der Waals surface area contributed by atoms with Crippen molar-refractivity contribution in [3.05, 3.63) is 107 Å². The smallest absolute Gasteiger partial charge is 0.254 e. The van der Waals surface area contributed by atoms with Crippen LogP contribution in [-0.2, 0) is 0 Å². The van der Waals surface area contributed by atoms with Gasteiger partial charge in [0.25, 0.3) is 5.91 Å². The number of rotatable bonds is 4. The number of nitrogens with zero attached hydrogens (tertiary/aromatic N) is 2. The van der Waals surface area contributed by atoms with Gasteiger partial charge in [0.1, 0.15) is 0 Å². The lowest BCUT2D eigenvalue weighted by molar-refractivity contribution is 0.0755. The monoisotopic (exact) mass is 326 g/mol. The molecule has 0 aromatic heterocycles. The van der Waals surface area contributed by atoms with E-state index in [1.165, 1.54) is 0 Å². The van der Waals surface area contributed by atoms with Crippen LogP contribution in [0.4, 0.5) is 0 Å². The van der Waals surface area contributed by atoms with Crippen molar-refractivity contribution >= 4 is 5.91 Å². The summed E-state index contributed by atoms with van der Waals surface area (Å²) in [5, 5.41) is 9.07. The molecule has 0 aliphatic heterocycles. The van der Waals surface area contributed by atoms with E-state index in [1.54, 1.807) is 36.2 Å². The number of hydrogen-bond acceptors (Lipinski definition) is 2. The second-order valence-corrected chi connectivity index (χ2v) is 5.83. The van der Waals surface area contributed by atoms with Crippen LogP contribution in [0.2, 0.25) is 0 Å². The third kappa shape index (κ3) is 3.59. The maximum Gasteiger partial charge on any atom is 0.254 e. The van der Waals surface area contributed by atoms with Crippen molar-refractivity contribution in [3.8, 4) is 6.07 Å². The van der Waals surface area contributed by atoms with Gasteiger partial charge in [0.2, 0.25) is 0 Å². The summed E-state index contributed by atoms with van der Waals surface area (Å²) in [5.41, 5.74) is 3.08. The van der Waals surface area contributed by atoms with Crippen LogP contribution in [0.5, 0.6) is 0 Å². The van der Waals surface area contributed by atoms with Crippen molar-refractivity contribution < 1.29 is 4.79 Å². The molecule has 0 N–H and O–H groups in total. The van der Waals surface area contributed by atoms with Gasteiger partial charge in [0.15, 0.2) is 0 Å². The molecule has 3 aromatic rings. The molecule has 25 heavy (non-hydrogen) atoms. The average molecular weight is 326 g/mol. The van der Waals surface area contributed by atoms with Gasteiger partial charge in [-0.3, -0.25) is 4.79 Å². The third-order valence-corrected chi connectivity index (χ3v) is 4.18. The fourth-order valence-electron chi connectivity index (χ4n) is 2.95. The highest BCUT2D eigenvalue weighted by Gasteiger charge is 2.24. The summed E-state index contributed by atoms with van der Waals surface area (Å²) in [6, 6.07) is 28.6. The predicted molar refractivity (Wildman–Crippen MR) is 98.0 cm³/mol. The van der Waals surface area contributed by atoms with Crippen LogP contribution in [0.15, 0.2) is 84.9 Å². The molecule has 3 nitrogen and oxygen atoms in total. The topological polar surface area (TPSA) is 44.1 Å². The Labute approximate surface area is 147 Å². The average Bonchev–Trinajstić information content (AvgIpc) is 2.69. The molecule has 0 radical (unpaired) electrons. The normalized spacial score (nSPS) is 10.3. The van der Waals surface area contributed by atoms with E-state index >= 15 is 0 Å². The van der Waals surface area contributed by atoms with Gasteiger partial charge >= 0.3 is 0 Å². The molecule has 0 aliphatic carbocycles. The molecule has 0 spiro atoms. The van der Waals surface area contributed by atoms with Crippen molar-refractivity contribution in [2.75, 3.05) is 7.05 Å². The highest BCUT2D eigenvalue weighted by molar-refractivity contribution is 5.95. The van der Waals surface area contributed by atoms with E-state index in [0.29, 0.717) is 11.1 Å². The summed E-state index contributed by atoms with van der Waals surface area (Å²) in [5.74, 6) is -0.116. The number of amides is 1. The second kappa shape index (κ2) is 7.46. The van der Waals surface area contributed by atoms with Crippen LogP contribution >= 0.6 is 0 Å². The Balaban J connectivity index is 2.01. The molecular weight excluding hydrogens is 308 g/mol. The molecule has 122 valence electrons. The Kier molecular flexibility index (Phi) is 4.92. The molecule has 0 atom stereocenters. The maximum atomic E-state index is 13.0. The number of carbonyl (C=O) groups is 1. The number of nitriles is 1. The summed E-state index contributed by atoms with van der Waals surface area (Å²) in [6.45, 7) is 0. The van der Waals surface area contributed by atoms with E-state index in [4.69, 9.17) is 5.26 Å². The quantitative estimate of drug-likeness (QED) is 0.712. The Hall–Kier alpha value is -3.38. The Morgan fingerprint density at radius 3 is 1.96 bits per heavy atom. The van der Waals surface area contributed by atoms with Gasteiger partial charge in [-0.1, -0.05) is 66.7 Å². The van der Waals surface area contributed by atoms with Crippen molar-refractivity contribution in [3.63, 3.8) is 0 Å². The lowest BCUT2D eigenvalue weighted by atomic mass is 9.96. The first kappa shape index (κ1) is 16.5. The highest BCUT2D eigenvalue weighted by atomic mass is 16.2. The standard InChI is InChI=1S/C22H18N2O/c1-24(22(25)20-14-8-9-17(15-20)16-23)21(18-10-4-2-5-11-18)19-12-6-3-7-13-19/h2-15,21H,1H3. The summed E-state index contributed by atoms with van der Waals surface area (Å²) in [7, 11) is 1.80. The third-order valence-electron chi connectivity index (χ3n) is 4.18. The van der Waals surface area contributed by atoms with E-state index in [0.717, 1.165) is 11.1 Å². The van der Waals surface area contributed by atoms with Gasteiger partial charge in [-0.25, -0.2) is 0 Å². The second-order valence-electron chi connectivity index (χ2n) is 5.83. The van der Waals surface area contributed by atoms with Crippen molar-refractivity contribution in [2.45, 2.75) is 6.04 Å². The van der Waals surface area contributed by atoms with Crippen molar-refractivity contribution in [1.29, 1.82) is 5.26 Å². The Bertz CT molecular complexity index is 859. The molecule has 0 unspecified atom stereocenters. The zero-order valence-corrected chi connectivity index (χ0v) is 14.0. The summed E-state index contributed by atoms with van der Waals surface area (Å²) >= 11 is 0.